The van der Waals surface area contributed by atoms with Crippen LogP contribution in [0.4, 0.5) is 0 Å². The zero-order valence-electron chi connectivity index (χ0n) is 17.3. The van der Waals surface area contributed by atoms with Gasteiger partial charge in [-0.05, 0) is 47.5 Å². The molecule has 5 nitrogen and oxygen atoms in total. The molecule has 5 rings (SSSR count). The molecular formula is C27H17ClO5. The summed E-state index contributed by atoms with van der Waals surface area (Å²) in [6, 6.07) is 20.9. The number of hydrogen-bond donors (Lipinski definition) is 0. The molecule has 0 saturated carbocycles. The minimum atomic E-state index is -0.583. The van der Waals surface area contributed by atoms with Crippen LogP contribution in [0.15, 0.2) is 97.8 Å². The van der Waals surface area contributed by atoms with Gasteiger partial charge in [-0.15, -0.1) is 0 Å². The predicted octanol–water partition coefficient (Wildman–Crippen LogP) is 6.44. The van der Waals surface area contributed by atoms with E-state index in [0.29, 0.717) is 44.9 Å². The third kappa shape index (κ3) is 4.19. The second kappa shape index (κ2) is 8.45. The van der Waals surface area contributed by atoms with Gasteiger partial charge in [0.15, 0.2) is 0 Å². The molecule has 3 aromatic carbocycles. The van der Waals surface area contributed by atoms with Crippen molar-refractivity contribution in [3.05, 3.63) is 116 Å². The van der Waals surface area contributed by atoms with Crippen LogP contribution in [0, 0.1) is 0 Å². The first-order chi connectivity index (χ1) is 16.0. The van der Waals surface area contributed by atoms with Crippen LogP contribution in [-0.2, 0) is 6.61 Å². The summed E-state index contributed by atoms with van der Waals surface area (Å²) >= 11 is 6.08. The van der Waals surface area contributed by atoms with E-state index in [1.54, 1.807) is 48.5 Å². The first-order valence-electron chi connectivity index (χ1n) is 10.2. The third-order valence-corrected chi connectivity index (χ3v) is 5.56. The molecule has 0 N–H and O–H groups in total. The third-order valence-electron chi connectivity index (χ3n) is 5.32. The quantitative estimate of drug-likeness (QED) is 0.284. The Kier molecular flexibility index (Phi) is 5.32. The summed E-state index contributed by atoms with van der Waals surface area (Å²) in [6.07, 6.45) is 1.78. The van der Waals surface area contributed by atoms with Gasteiger partial charge in [-0.25, -0.2) is 9.59 Å². The lowest BCUT2D eigenvalue weighted by Gasteiger charge is -2.09. The molecule has 162 valence electrons. The SMILES string of the molecule is C=Cc1ccc(COc2ccc3c(-c4cc5cc(Cl)ccc5oc4=O)cc(=O)oc3c2)cc1. The lowest BCUT2D eigenvalue weighted by atomic mass is 10.0. The second-order valence-corrected chi connectivity index (χ2v) is 7.94. The van der Waals surface area contributed by atoms with E-state index in [4.69, 9.17) is 25.2 Å². The number of rotatable bonds is 5. The van der Waals surface area contributed by atoms with Crippen molar-refractivity contribution in [2.75, 3.05) is 0 Å². The van der Waals surface area contributed by atoms with Gasteiger partial charge in [-0.3, -0.25) is 0 Å². The minimum absolute atomic E-state index is 0.249. The fourth-order valence-electron chi connectivity index (χ4n) is 3.65. The molecule has 6 heteroatoms. The summed E-state index contributed by atoms with van der Waals surface area (Å²) in [4.78, 5) is 25.0. The van der Waals surface area contributed by atoms with Crippen LogP contribution < -0.4 is 16.0 Å². The lowest BCUT2D eigenvalue weighted by Crippen LogP contribution is -2.06. The molecule has 0 atom stereocenters. The van der Waals surface area contributed by atoms with E-state index in [0.717, 1.165) is 11.1 Å². The van der Waals surface area contributed by atoms with Crippen molar-refractivity contribution in [2.24, 2.45) is 0 Å². The molecule has 0 radical (unpaired) electrons. The maximum absolute atomic E-state index is 12.7. The van der Waals surface area contributed by atoms with Crippen LogP contribution in [0.25, 0.3) is 39.1 Å². The van der Waals surface area contributed by atoms with Gasteiger partial charge < -0.3 is 13.6 Å². The molecule has 0 aliphatic heterocycles. The van der Waals surface area contributed by atoms with E-state index < -0.39 is 11.3 Å². The van der Waals surface area contributed by atoms with Crippen LogP contribution in [0.5, 0.6) is 5.75 Å². The predicted molar refractivity (Wildman–Crippen MR) is 130 cm³/mol. The molecule has 0 fully saturated rings. The maximum atomic E-state index is 12.7. The molecule has 2 heterocycles. The minimum Gasteiger partial charge on any atom is -0.489 e. The van der Waals surface area contributed by atoms with Gasteiger partial charge in [-0.1, -0.05) is 48.5 Å². The fourth-order valence-corrected chi connectivity index (χ4v) is 3.83. The first-order valence-corrected chi connectivity index (χ1v) is 10.5. The molecule has 0 unspecified atom stereocenters. The summed E-state index contributed by atoms with van der Waals surface area (Å²) < 4.78 is 16.7. The summed E-state index contributed by atoms with van der Waals surface area (Å²) in [5.74, 6) is 0.535. The molecule has 0 aliphatic carbocycles. The Balaban J connectivity index is 1.54. The number of hydrogen-bond acceptors (Lipinski definition) is 5. The normalized spacial score (nSPS) is 11.1. The Morgan fingerprint density at radius 1 is 0.848 bits per heavy atom. The highest BCUT2D eigenvalue weighted by Crippen LogP contribution is 2.30. The topological polar surface area (TPSA) is 69.7 Å². The van der Waals surface area contributed by atoms with Gasteiger partial charge in [0.05, 0.1) is 5.56 Å². The summed E-state index contributed by atoms with van der Waals surface area (Å²) in [7, 11) is 0. The Morgan fingerprint density at radius 2 is 1.67 bits per heavy atom. The molecule has 0 spiro atoms. The first kappa shape index (κ1) is 20.8. The smallest absolute Gasteiger partial charge is 0.344 e. The maximum Gasteiger partial charge on any atom is 0.344 e. The zero-order valence-corrected chi connectivity index (χ0v) is 18.1. The highest BCUT2D eigenvalue weighted by atomic mass is 35.5. The standard InChI is InChI=1S/C27H17ClO5/c1-2-16-3-5-17(6-4-16)15-31-20-8-9-21-22(14-26(29)32-25(21)13-20)23-12-18-11-19(28)7-10-24(18)33-27(23)30/h2-14H,1,15H2. The molecule has 33 heavy (non-hydrogen) atoms. The Bertz CT molecular complexity index is 1630. The van der Waals surface area contributed by atoms with E-state index >= 15 is 0 Å². The van der Waals surface area contributed by atoms with Gasteiger partial charge >= 0.3 is 11.3 Å². The van der Waals surface area contributed by atoms with Crippen molar-refractivity contribution in [3.8, 4) is 16.9 Å². The van der Waals surface area contributed by atoms with E-state index in [9.17, 15) is 9.59 Å². The van der Waals surface area contributed by atoms with Gasteiger partial charge in [0.25, 0.3) is 0 Å². The highest BCUT2D eigenvalue weighted by molar-refractivity contribution is 6.31. The van der Waals surface area contributed by atoms with Gasteiger partial charge in [0.2, 0.25) is 0 Å². The van der Waals surface area contributed by atoms with Gasteiger partial charge in [0.1, 0.15) is 23.5 Å². The number of fused-ring (bicyclic) bond motifs is 2. The second-order valence-electron chi connectivity index (χ2n) is 7.50. The fraction of sp³-hybridized carbons (Fsp3) is 0.0370. The Hall–Kier alpha value is -4.09. The van der Waals surface area contributed by atoms with E-state index in [1.807, 2.05) is 24.3 Å². The van der Waals surface area contributed by atoms with Crippen molar-refractivity contribution in [3.63, 3.8) is 0 Å². The van der Waals surface area contributed by atoms with E-state index in [1.165, 1.54) is 6.07 Å². The monoisotopic (exact) mass is 456 g/mol. The van der Waals surface area contributed by atoms with E-state index in [2.05, 4.69) is 6.58 Å². The van der Waals surface area contributed by atoms with Gasteiger partial charge in [-0.2, -0.15) is 0 Å². The molecule has 0 bridgehead atoms. The van der Waals surface area contributed by atoms with Crippen LogP contribution in [0.1, 0.15) is 11.1 Å². The largest absolute Gasteiger partial charge is 0.489 e. The molecule has 0 aliphatic rings. The number of ether oxygens (including phenoxy) is 1. The highest BCUT2D eigenvalue weighted by Gasteiger charge is 2.14. The van der Waals surface area contributed by atoms with Gasteiger partial charge in [0, 0.05) is 33.5 Å². The zero-order chi connectivity index (χ0) is 22.9. The number of benzene rings is 3. The molecule has 0 saturated heterocycles. The summed E-state index contributed by atoms with van der Waals surface area (Å²) in [5, 5.41) is 1.76. The van der Waals surface area contributed by atoms with E-state index in [-0.39, 0.29) is 5.56 Å². The van der Waals surface area contributed by atoms with Crippen LogP contribution in [0.3, 0.4) is 0 Å². The number of halogens is 1. The lowest BCUT2D eigenvalue weighted by molar-refractivity contribution is 0.306. The van der Waals surface area contributed by atoms with Crippen LogP contribution >= 0.6 is 11.6 Å². The van der Waals surface area contributed by atoms with Crippen LogP contribution in [0.2, 0.25) is 5.02 Å². The molecule has 0 amide bonds. The van der Waals surface area contributed by atoms with Crippen molar-refractivity contribution in [2.45, 2.75) is 6.61 Å². The molecular weight excluding hydrogens is 440 g/mol. The van der Waals surface area contributed by atoms with Crippen molar-refractivity contribution >= 4 is 39.6 Å². The summed E-state index contributed by atoms with van der Waals surface area (Å²) in [5.41, 5.74) is 2.27. The van der Waals surface area contributed by atoms with Crippen molar-refractivity contribution in [1.29, 1.82) is 0 Å². The van der Waals surface area contributed by atoms with Crippen molar-refractivity contribution in [1.82, 2.24) is 0 Å². The Labute approximate surface area is 193 Å². The molecule has 5 aromatic rings. The Morgan fingerprint density at radius 3 is 2.45 bits per heavy atom. The average molecular weight is 457 g/mol. The average Bonchev–Trinajstić information content (AvgIpc) is 2.82. The van der Waals surface area contributed by atoms with Crippen LogP contribution in [-0.4, -0.2) is 0 Å². The van der Waals surface area contributed by atoms with Crippen molar-refractivity contribution < 1.29 is 13.6 Å². The summed E-state index contributed by atoms with van der Waals surface area (Å²) in [6.45, 7) is 4.09. The molecule has 2 aromatic heterocycles.